The molecule has 0 saturated carbocycles. The molecule has 1 unspecified atom stereocenters. The van der Waals surface area contributed by atoms with Crippen molar-refractivity contribution < 1.29 is 15.1 Å². The van der Waals surface area contributed by atoms with E-state index in [-0.39, 0.29) is 29.0 Å². The second-order valence-corrected chi connectivity index (χ2v) is 4.38. The number of aliphatic hydroxyl groups is 2. The van der Waals surface area contributed by atoms with Crippen LogP contribution in [-0.2, 0) is 0 Å². The average molecular weight is 277 g/mol. The second-order valence-electron chi connectivity index (χ2n) is 4.04. The zero-order valence-corrected chi connectivity index (χ0v) is 10.6. The summed E-state index contributed by atoms with van der Waals surface area (Å²) in [5.74, 6) is -0.0915. The van der Waals surface area contributed by atoms with Crippen LogP contribution in [0.1, 0.15) is 12.6 Å². The van der Waals surface area contributed by atoms with Crippen molar-refractivity contribution in [3.63, 3.8) is 0 Å². The third-order valence-electron chi connectivity index (χ3n) is 2.19. The van der Waals surface area contributed by atoms with Crippen molar-refractivity contribution in [2.75, 3.05) is 18.5 Å². The van der Waals surface area contributed by atoms with Crippen molar-refractivity contribution in [2.24, 2.45) is 0 Å². The van der Waals surface area contributed by atoms with Crippen molar-refractivity contribution in [1.82, 2.24) is 9.97 Å². The number of aromatic nitrogens is 2. The van der Waals surface area contributed by atoms with E-state index in [1.807, 2.05) is 0 Å². The van der Waals surface area contributed by atoms with Gasteiger partial charge in [-0.2, -0.15) is 4.98 Å². The van der Waals surface area contributed by atoms with Crippen molar-refractivity contribution in [3.05, 3.63) is 21.1 Å². The van der Waals surface area contributed by atoms with E-state index in [1.54, 1.807) is 0 Å². The van der Waals surface area contributed by atoms with Crippen molar-refractivity contribution >= 4 is 23.1 Å². The SMILES string of the molecule is Cc1nc(Cl)nc(NCC(C)(O)CO)c1[N+](=O)[O-]. The maximum atomic E-state index is 10.9. The number of aliphatic hydroxyl groups excluding tert-OH is 1. The Morgan fingerprint density at radius 2 is 2.17 bits per heavy atom. The first-order chi connectivity index (χ1) is 8.26. The predicted octanol–water partition coefficient (Wildman–Crippen LogP) is 0.502. The van der Waals surface area contributed by atoms with Crippen molar-refractivity contribution in [2.45, 2.75) is 19.4 Å². The number of halogens is 1. The normalized spacial score (nSPS) is 14.1. The van der Waals surface area contributed by atoms with E-state index in [9.17, 15) is 15.2 Å². The first-order valence-corrected chi connectivity index (χ1v) is 5.40. The zero-order chi connectivity index (χ0) is 13.9. The van der Waals surface area contributed by atoms with Gasteiger partial charge in [-0.25, -0.2) is 4.98 Å². The van der Waals surface area contributed by atoms with Gasteiger partial charge in [-0.05, 0) is 25.4 Å². The fourth-order valence-electron chi connectivity index (χ4n) is 1.20. The highest BCUT2D eigenvalue weighted by Gasteiger charge is 2.25. The highest BCUT2D eigenvalue weighted by Crippen LogP contribution is 2.26. The van der Waals surface area contributed by atoms with E-state index in [4.69, 9.17) is 16.7 Å². The van der Waals surface area contributed by atoms with Crippen LogP contribution in [0.25, 0.3) is 0 Å². The first-order valence-electron chi connectivity index (χ1n) is 5.02. The van der Waals surface area contributed by atoms with Gasteiger partial charge in [0.1, 0.15) is 11.3 Å². The lowest BCUT2D eigenvalue weighted by Crippen LogP contribution is -2.37. The lowest BCUT2D eigenvalue weighted by molar-refractivity contribution is -0.385. The third-order valence-corrected chi connectivity index (χ3v) is 2.36. The van der Waals surface area contributed by atoms with Crippen LogP contribution in [0.2, 0.25) is 5.28 Å². The Morgan fingerprint density at radius 3 is 2.67 bits per heavy atom. The maximum absolute atomic E-state index is 10.9. The maximum Gasteiger partial charge on any atom is 0.332 e. The molecule has 9 heteroatoms. The molecule has 1 heterocycles. The van der Waals surface area contributed by atoms with E-state index in [1.165, 1.54) is 13.8 Å². The van der Waals surface area contributed by atoms with Gasteiger partial charge in [0.05, 0.1) is 11.5 Å². The van der Waals surface area contributed by atoms with Gasteiger partial charge in [0.2, 0.25) is 11.1 Å². The molecule has 0 aliphatic carbocycles. The summed E-state index contributed by atoms with van der Waals surface area (Å²) in [6.45, 7) is 2.20. The Morgan fingerprint density at radius 1 is 1.56 bits per heavy atom. The quantitative estimate of drug-likeness (QED) is 0.407. The molecule has 1 rings (SSSR count). The van der Waals surface area contributed by atoms with Gasteiger partial charge in [-0.1, -0.05) is 0 Å². The second kappa shape index (κ2) is 5.42. The predicted molar refractivity (Wildman–Crippen MR) is 64.6 cm³/mol. The highest BCUT2D eigenvalue weighted by atomic mass is 35.5. The fourth-order valence-corrected chi connectivity index (χ4v) is 1.42. The summed E-state index contributed by atoms with van der Waals surface area (Å²) in [6.07, 6.45) is 0. The minimum absolute atomic E-state index is 0.0915. The largest absolute Gasteiger partial charge is 0.393 e. The van der Waals surface area contributed by atoms with E-state index < -0.39 is 17.1 Å². The highest BCUT2D eigenvalue weighted by molar-refractivity contribution is 6.28. The molecule has 18 heavy (non-hydrogen) atoms. The molecule has 0 aromatic carbocycles. The van der Waals surface area contributed by atoms with Crippen molar-refractivity contribution in [3.8, 4) is 0 Å². The monoisotopic (exact) mass is 276 g/mol. The smallest absolute Gasteiger partial charge is 0.332 e. The lowest BCUT2D eigenvalue weighted by atomic mass is 10.1. The van der Waals surface area contributed by atoms with Gasteiger partial charge in [0, 0.05) is 6.54 Å². The number of nitrogens with zero attached hydrogens (tertiary/aromatic N) is 3. The molecule has 0 saturated heterocycles. The zero-order valence-electron chi connectivity index (χ0n) is 9.84. The van der Waals surface area contributed by atoms with Crippen LogP contribution in [-0.4, -0.2) is 43.9 Å². The molecule has 0 aliphatic heterocycles. The van der Waals surface area contributed by atoms with Crippen molar-refractivity contribution in [1.29, 1.82) is 0 Å². The summed E-state index contributed by atoms with van der Waals surface area (Å²) in [5, 5.41) is 31.8. The summed E-state index contributed by atoms with van der Waals surface area (Å²) in [4.78, 5) is 17.6. The Labute approximate surface area is 108 Å². The number of hydrogen-bond donors (Lipinski definition) is 3. The fraction of sp³-hybridized carbons (Fsp3) is 0.556. The molecular formula is C9H13ClN4O4. The minimum atomic E-state index is -1.42. The molecule has 0 spiro atoms. The third kappa shape index (κ3) is 3.49. The molecule has 1 atom stereocenters. The standard InChI is InChI=1S/C9H13ClN4O4/c1-5-6(14(17)18)7(13-8(10)12-5)11-3-9(2,16)4-15/h15-16H,3-4H2,1-2H3,(H,11,12,13). The van der Waals surface area contributed by atoms with Crippen LogP contribution >= 0.6 is 11.6 Å². The molecule has 0 bridgehead atoms. The van der Waals surface area contributed by atoms with Gasteiger partial charge in [-0.3, -0.25) is 10.1 Å². The lowest BCUT2D eigenvalue weighted by Gasteiger charge is -2.20. The molecule has 8 nitrogen and oxygen atoms in total. The van der Waals surface area contributed by atoms with Crippen LogP contribution in [0, 0.1) is 17.0 Å². The number of rotatable bonds is 5. The summed E-state index contributed by atoms with van der Waals surface area (Å²) in [6, 6.07) is 0. The molecule has 3 N–H and O–H groups in total. The van der Waals surface area contributed by atoms with Gasteiger partial charge < -0.3 is 15.5 Å². The Kier molecular flexibility index (Phi) is 4.38. The number of hydrogen-bond acceptors (Lipinski definition) is 7. The Hall–Kier alpha value is -1.51. The summed E-state index contributed by atoms with van der Waals surface area (Å²) >= 11 is 5.61. The van der Waals surface area contributed by atoms with Gasteiger partial charge >= 0.3 is 5.69 Å². The van der Waals surface area contributed by atoms with Gasteiger partial charge in [-0.15, -0.1) is 0 Å². The molecule has 0 fully saturated rings. The first kappa shape index (κ1) is 14.6. The summed E-state index contributed by atoms with van der Waals surface area (Å²) < 4.78 is 0. The molecule has 100 valence electrons. The van der Waals surface area contributed by atoms with Gasteiger partial charge in [0.25, 0.3) is 0 Å². The molecule has 0 amide bonds. The average Bonchev–Trinajstić information content (AvgIpc) is 2.25. The van der Waals surface area contributed by atoms with E-state index in [0.717, 1.165) is 0 Å². The van der Waals surface area contributed by atoms with Crippen LogP contribution in [0.5, 0.6) is 0 Å². The summed E-state index contributed by atoms with van der Waals surface area (Å²) in [7, 11) is 0. The topological polar surface area (TPSA) is 121 Å². The van der Waals surface area contributed by atoms with Crippen LogP contribution < -0.4 is 5.32 Å². The van der Waals surface area contributed by atoms with Gasteiger partial charge in [0.15, 0.2) is 0 Å². The molecule has 1 aromatic rings. The molecule has 0 radical (unpaired) electrons. The van der Waals surface area contributed by atoms with E-state index in [0.29, 0.717) is 0 Å². The Bertz CT molecular complexity index is 466. The number of aryl methyl sites for hydroxylation is 1. The molecule has 1 aromatic heterocycles. The summed E-state index contributed by atoms with van der Waals surface area (Å²) in [5.41, 5.74) is -1.61. The van der Waals surface area contributed by atoms with E-state index >= 15 is 0 Å². The molecule has 0 aliphatic rings. The number of nitro groups is 1. The molecular weight excluding hydrogens is 264 g/mol. The van der Waals surface area contributed by atoms with Crippen LogP contribution in [0.15, 0.2) is 0 Å². The van der Waals surface area contributed by atoms with E-state index in [2.05, 4.69) is 15.3 Å². The van der Waals surface area contributed by atoms with Crippen LogP contribution in [0.3, 0.4) is 0 Å². The Balaban J connectivity index is 3.04. The minimum Gasteiger partial charge on any atom is -0.393 e. The number of anilines is 1. The number of nitrogens with one attached hydrogen (secondary N) is 1. The van der Waals surface area contributed by atoms with Crippen LogP contribution in [0.4, 0.5) is 11.5 Å².